The second kappa shape index (κ2) is 4.30. The monoisotopic (exact) mass is 264 g/mol. The van der Waals surface area contributed by atoms with E-state index < -0.39 is 5.97 Å². The number of halogens is 1. The summed E-state index contributed by atoms with van der Waals surface area (Å²) < 4.78 is 2.19. The van der Waals surface area contributed by atoms with Crippen molar-refractivity contribution in [2.75, 3.05) is 6.54 Å². The number of carboxylic acids is 1. The third kappa shape index (κ3) is 1.78. The Kier molecular flexibility index (Phi) is 2.76. The summed E-state index contributed by atoms with van der Waals surface area (Å²) in [7, 11) is 0. The van der Waals surface area contributed by atoms with Crippen LogP contribution in [-0.2, 0) is 24.3 Å². The van der Waals surface area contributed by atoms with Crippen LogP contribution in [0.5, 0.6) is 0 Å². The Morgan fingerprint density at radius 2 is 2.33 bits per heavy atom. The minimum Gasteiger partial charge on any atom is -0.481 e. The summed E-state index contributed by atoms with van der Waals surface area (Å²) in [5, 5.41) is 13.9. The molecule has 0 fully saturated rings. The predicted octanol–water partition coefficient (Wildman–Crippen LogP) is 2.02. The van der Waals surface area contributed by atoms with Gasteiger partial charge in [0.2, 0.25) is 0 Å². The van der Waals surface area contributed by atoms with Crippen molar-refractivity contribution in [1.29, 1.82) is 0 Å². The molecule has 2 heterocycles. The number of rotatable bonds is 2. The fourth-order valence-corrected chi connectivity index (χ4v) is 2.82. The molecule has 0 spiro atoms. The molecular formula is C13H13ClN2O2. The van der Waals surface area contributed by atoms with Gasteiger partial charge >= 0.3 is 5.97 Å². The van der Waals surface area contributed by atoms with E-state index in [1.165, 1.54) is 0 Å². The fraction of sp³-hybridized carbons (Fsp3) is 0.308. The number of fused-ring (bicyclic) bond motifs is 3. The topological polar surface area (TPSA) is 54.3 Å². The van der Waals surface area contributed by atoms with E-state index in [1.807, 2.05) is 18.2 Å². The molecule has 0 amide bonds. The van der Waals surface area contributed by atoms with E-state index in [4.69, 9.17) is 16.7 Å². The Morgan fingerprint density at radius 1 is 1.50 bits per heavy atom. The van der Waals surface area contributed by atoms with Gasteiger partial charge in [-0.15, -0.1) is 0 Å². The highest BCUT2D eigenvalue weighted by atomic mass is 35.5. The van der Waals surface area contributed by atoms with Crippen molar-refractivity contribution in [3.8, 4) is 0 Å². The average Bonchev–Trinajstić information content (AvgIpc) is 2.63. The molecule has 4 nitrogen and oxygen atoms in total. The van der Waals surface area contributed by atoms with Crippen LogP contribution < -0.4 is 5.32 Å². The van der Waals surface area contributed by atoms with Gasteiger partial charge in [0.25, 0.3) is 0 Å². The number of aromatic nitrogens is 1. The summed E-state index contributed by atoms with van der Waals surface area (Å²) in [4.78, 5) is 11.0. The van der Waals surface area contributed by atoms with Crippen molar-refractivity contribution in [3.63, 3.8) is 0 Å². The zero-order valence-corrected chi connectivity index (χ0v) is 10.5. The molecule has 0 radical (unpaired) electrons. The molecule has 0 saturated carbocycles. The lowest BCUT2D eigenvalue weighted by atomic mass is 10.1. The molecule has 94 valence electrons. The first kappa shape index (κ1) is 11.6. The summed E-state index contributed by atoms with van der Waals surface area (Å²) in [6.45, 7) is 2.49. The Balaban J connectivity index is 2.29. The Morgan fingerprint density at radius 3 is 3.11 bits per heavy atom. The third-order valence-electron chi connectivity index (χ3n) is 3.38. The van der Waals surface area contributed by atoms with Gasteiger partial charge in [-0.05, 0) is 23.8 Å². The first-order valence-electron chi connectivity index (χ1n) is 5.89. The van der Waals surface area contributed by atoms with Crippen molar-refractivity contribution in [3.05, 3.63) is 34.5 Å². The van der Waals surface area contributed by atoms with Crippen LogP contribution in [-0.4, -0.2) is 22.2 Å². The standard InChI is InChI=1S/C13H13ClN2O2/c14-8-1-2-11-9(5-8)10(6-13(17)18)12-7-15-3-4-16(11)12/h1-2,5,15H,3-4,6-7H2,(H,17,18). The van der Waals surface area contributed by atoms with Crippen molar-refractivity contribution < 1.29 is 9.90 Å². The quantitative estimate of drug-likeness (QED) is 0.873. The minimum absolute atomic E-state index is 0.0425. The maximum Gasteiger partial charge on any atom is 0.307 e. The Hall–Kier alpha value is -1.52. The number of hydrogen-bond acceptors (Lipinski definition) is 2. The molecule has 3 rings (SSSR count). The van der Waals surface area contributed by atoms with Crippen molar-refractivity contribution >= 4 is 28.5 Å². The van der Waals surface area contributed by atoms with Gasteiger partial charge in [0.1, 0.15) is 0 Å². The van der Waals surface area contributed by atoms with Crippen LogP contribution in [0.4, 0.5) is 0 Å². The van der Waals surface area contributed by atoms with Gasteiger partial charge in [0.15, 0.2) is 0 Å². The van der Waals surface area contributed by atoms with Crippen LogP contribution in [0, 0.1) is 0 Å². The van der Waals surface area contributed by atoms with E-state index in [9.17, 15) is 4.79 Å². The first-order valence-corrected chi connectivity index (χ1v) is 6.26. The molecule has 5 heteroatoms. The van der Waals surface area contributed by atoms with Crippen LogP contribution in [0.15, 0.2) is 18.2 Å². The molecule has 0 aliphatic carbocycles. The highest BCUT2D eigenvalue weighted by Gasteiger charge is 2.21. The van der Waals surface area contributed by atoms with Crippen LogP contribution in [0.2, 0.25) is 5.02 Å². The number of carboxylic acid groups (broad SMARTS) is 1. The molecule has 1 aliphatic rings. The van der Waals surface area contributed by atoms with Gasteiger partial charge in [-0.1, -0.05) is 11.6 Å². The summed E-state index contributed by atoms with van der Waals surface area (Å²) in [5.41, 5.74) is 3.03. The highest BCUT2D eigenvalue weighted by Crippen LogP contribution is 2.30. The highest BCUT2D eigenvalue weighted by molar-refractivity contribution is 6.31. The molecule has 0 saturated heterocycles. The molecule has 0 atom stereocenters. The lowest BCUT2D eigenvalue weighted by Crippen LogP contribution is -2.28. The van der Waals surface area contributed by atoms with Crippen LogP contribution in [0.25, 0.3) is 10.9 Å². The Bertz CT molecular complexity index is 633. The summed E-state index contributed by atoms with van der Waals surface area (Å²) in [5.74, 6) is -0.809. The van der Waals surface area contributed by atoms with Gasteiger partial charge in [-0.3, -0.25) is 4.79 Å². The number of nitrogens with zero attached hydrogens (tertiary/aromatic N) is 1. The van der Waals surface area contributed by atoms with Crippen molar-refractivity contribution in [1.82, 2.24) is 9.88 Å². The lowest BCUT2D eigenvalue weighted by molar-refractivity contribution is -0.136. The molecule has 1 aliphatic heterocycles. The molecule has 2 N–H and O–H groups in total. The minimum atomic E-state index is -0.809. The van der Waals surface area contributed by atoms with E-state index in [0.29, 0.717) is 5.02 Å². The SMILES string of the molecule is O=C(O)Cc1c2n(c3ccc(Cl)cc13)CCNC2. The summed E-state index contributed by atoms with van der Waals surface area (Å²) >= 11 is 6.02. The number of nitrogens with one attached hydrogen (secondary N) is 1. The number of hydrogen-bond donors (Lipinski definition) is 2. The summed E-state index contributed by atoms with van der Waals surface area (Å²) in [6, 6.07) is 5.68. The van der Waals surface area contributed by atoms with E-state index in [0.717, 1.165) is 41.8 Å². The van der Waals surface area contributed by atoms with Crippen LogP contribution >= 0.6 is 11.6 Å². The lowest BCUT2D eigenvalue weighted by Gasteiger charge is -2.18. The number of aliphatic carboxylic acids is 1. The first-order chi connectivity index (χ1) is 8.66. The smallest absolute Gasteiger partial charge is 0.307 e. The van der Waals surface area contributed by atoms with Gasteiger partial charge in [-0.2, -0.15) is 0 Å². The maximum absolute atomic E-state index is 11.0. The zero-order chi connectivity index (χ0) is 12.7. The largest absolute Gasteiger partial charge is 0.481 e. The molecular weight excluding hydrogens is 252 g/mol. The molecule has 0 bridgehead atoms. The number of carbonyl (C=O) groups is 1. The summed E-state index contributed by atoms with van der Waals surface area (Å²) in [6.07, 6.45) is 0.0425. The van der Waals surface area contributed by atoms with Crippen LogP contribution in [0.3, 0.4) is 0 Å². The van der Waals surface area contributed by atoms with E-state index in [1.54, 1.807) is 0 Å². The zero-order valence-electron chi connectivity index (χ0n) is 9.74. The molecule has 1 aromatic heterocycles. The van der Waals surface area contributed by atoms with E-state index >= 15 is 0 Å². The fourth-order valence-electron chi connectivity index (χ4n) is 2.65. The molecule has 1 aromatic carbocycles. The maximum atomic E-state index is 11.0. The normalized spacial score (nSPS) is 14.7. The second-order valence-corrected chi connectivity index (χ2v) is 4.92. The van der Waals surface area contributed by atoms with Gasteiger partial charge in [0, 0.05) is 41.3 Å². The van der Waals surface area contributed by atoms with Gasteiger partial charge < -0.3 is 15.0 Å². The average molecular weight is 265 g/mol. The van der Waals surface area contributed by atoms with E-state index in [-0.39, 0.29) is 6.42 Å². The predicted molar refractivity (Wildman–Crippen MR) is 70.0 cm³/mol. The molecule has 18 heavy (non-hydrogen) atoms. The third-order valence-corrected chi connectivity index (χ3v) is 3.62. The number of benzene rings is 1. The second-order valence-electron chi connectivity index (χ2n) is 4.49. The van der Waals surface area contributed by atoms with Gasteiger partial charge in [0.05, 0.1) is 6.42 Å². The molecule has 2 aromatic rings. The molecule has 0 unspecified atom stereocenters. The van der Waals surface area contributed by atoms with Crippen molar-refractivity contribution in [2.24, 2.45) is 0 Å². The van der Waals surface area contributed by atoms with Crippen molar-refractivity contribution in [2.45, 2.75) is 19.5 Å². The van der Waals surface area contributed by atoms with E-state index in [2.05, 4.69) is 9.88 Å². The Labute approximate surface area is 109 Å². The van der Waals surface area contributed by atoms with Gasteiger partial charge in [-0.25, -0.2) is 0 Å². The van der Waals surface area contributed by atoms with Crippen LogP contribution in [0.1, 0.15) is 11.3 Å².